The average Bonchev–Trinajstić information content (AvgIpc) is 3.45. The quantitative estimate of drug-likeness (QED) is 0.801. The molecule has 2 amide bonds. The average molecular weight is 426 g/mol. The molecule has 30 heavy (non-hydrogen) atoms. The molecular formula is C23H24ClN3O3. The first-order valence-corrected chi connectivity index (χ1v) is 10.9. The maximum Gasteiger partial charge on any atom is 0.258 e. The Morgan fingerprint density at radius 3 is 2.67 bits per heavy atom. The summed E-state index contributed by atoms with van der Waals surface area (Å²) in [5.41, 5.74) is 3.04. The van der Waals surface area contributed by atoms with Gasteiger partial charge in [-0.3, -0.25) is 9.59 Å². The van der Waals surface area contributed by atoms with Gasteiger partial charge < -0.3 is 19.9 Å². The smallest absolute Gasteiger partial charge is 0.258 e. The van der Waals surface area contributed by atoms with Crippen LogP contribution in [0, 0.1) is 0 Å². The molecule has 2 aliphatic heterocycles. The Bertz CT molecular complexity index is 985. The minimum Gasteiger partial charge on any atom is -0.368 e. The number of carbonyl (C=O) groups excluding carboxylic acids is 2. The molecule has 2 aromatic rings. The van der Waals surface area contributed by atoms with E-state index in [4.69, 9.17) is 16.3 Å². The fourth-order valence-corrected chi connectivity index (χ4v) is 4.44. The van der Waals surface area contributed by atoms with Gasteiger partial charge in [0.2, 0.25) is 0 Å². The molecule has 1 atom stereocenters. The topological polar surface area (TPSA) is 61.9 Å². The normalized spacial score (nSPS) is 20.8. The minimum absolute atomic E-state index is 0.0952. The maximum absolute atomic E-state index is 13.4. The first-order chi connectivity index (χ1) is 14.6. The van der Waals surface area contributed by atoms with Gasteiger partial charge in [-0.05, 0) is 62.1 Å². The molecule has 1 aliphatic carbocycles. The van der Waals surface area contributed by atoms with Gasteiger partial charge >= 0.3 is 0 Å². The van der Waals surface area contributed by atoms with E-state index in [1.54, 1.807) is 29.2 Å². The Balaban J connectivity index is 1.38. The molecule has 2 fully saturated rings. The SMILES string of the molecule is O=C(Nc1cccc(C(=O)N2CCN(C3CC3)c3ccc(Cl)cc32)c1)C1CCCO1. The third-order valence-corrected chi connectivity index (χ3v) is 6.17. The lowest BCUT2D eigenvalue weighted by atomic mass is 10.1. The van der Waals surface area contributed by atoms with Crippen LogP contribution in [0.2, 0.25) is 5.02 Å². The summed E-state index contributed by atoms with van der Waals surface area (Å²) in [6.45, 7) is 2.03. The molecule has 6 nitrogen and oxygen atoms in total. The van der Waals surface area contributed by atoms with Crippen LogP contribution in [0.1, 0.15) is 36.0 Å². The Labute approximate surface area is 180 Å². The summed E-state index contributed by atoms with van der Waals surface area (Å²) in [4.78, 5) is 29.9. The first-order valence-electron chi connectivity index (χ1n) is 10.5. The number of ether oxygens (including phenoxy) is 1. The van der Waals surface area contributed by atoms with Gasteiger partial charge in [-0.1, -0.05) is 17.7 Å². The van der Waals surface area contributed by atoms with Crippen molar-refractivity contribution in [2.24, 2.45) is 0 Å². The van der Waals surface area contributed by atoms with Crippen LogP contribution in [0.4, 0.5) is 17.1 Å². The number of fused-ring (bicyclic) bond motifs is 1. The molecule has 1 unspecified atom stereocenters. The number of halogens is 1. The van der Waals surface area contributed by atoms with E-state index < -0.39 is 6.10 Å². The largest absolute Gasteiger partial charge is 0.368 e. The number of amides is 2. The number of hydrogen-bond acceptors (Lipinski definition) is 4. The molecule has 1 saturated heterocycles. The zero-order valence-electron chi connectivity index (χ0n) is 16.6. The maximum atomic E-state index is 13.4. The summed E-state index contributed by atoms with van der Waals surface area (Å²) in [6.07, 6.45) is 3.61. The van der Waals surface area contributed by atoms with E-state index in [0.29, 0.717) is 35.5 Å². The Morgan fingerprint density at radius 1 is 1.03 bits per heavy atom. The van der Waals surface area contributed by atoms with Crippen molar-refractivity contribution in [2.75, 3.05) is 34.8 Å². The molecule has 3 aliphatic rings. The van der Waals surface area contributed by atoms with Crippen molar-refractivity contribution in [1.82, 2.24) is 0 Å². The van der Waals surface area contributed by atoms with Crippen LogP contribution in [-0.2, 0) is 9.53 Å². The van der Waals surface area contributed by atoms with Crippen molar-refractivity contribution in [3.8, 4) is 0 Å². The highest BCUT2D eigenvalue weighted by molar-refractivity contribution is 6.31. The van der Waals surface area contributed by atoms with E-state index in [9.17, 15) is 9.59 Å². The summed E-state index contributed by atoms with van der Waals surface area (Å²) >= 11 is 6.26. The number of anilines is 3. The fourth-order valence-electron chi connectivity index (χ4n) is 4.27. The number of benzene rings is 2. The van der Waals surface area contributed by atoms with E-state index in [0.717, 1.165) is 30.8 Å². The Hall–Kier alpha value is -2.57. The van der Waals surface area contributed by atoms with Crippen LogP contribution in [0.15, 0.2) is 42.5 Å². The molecular weight excluding hydrogens is 402 g/mol. The van der Waals surface area contributed by atoms with Crippen molar-refractivity contribution in [3.63, 3.8) is 0 Å². The monoisotopic (exact) mass is 425 g/mol. The van der Waals surface area contributed by atoms with E-state index in [2.05, 4.69) is 10.2 Å². The van der Waals surface area contributed by atoms with Gasteiger partial charge in [0.05, 0.1) is 11.4 Å². The third kappa shape index (κ3) is 3.77. The fraction of sp³-hybridized carbons (Fsp3) is 0.391. The molecule has 0 aromatic heterocycles. The number of rotatable bonds is 4. The summed E-state index contributed by atoms with van der Waals surface area (Å²) in [5, 5.41) is 3.49. The van der Waals surface area contributed by atoms with Crippen LogP contribution in [0.5, 0.6) is 0 Å². The van der Waals surface area contributed by atoms with E-state index in [-0.39, 0.29) is 11.8 Å². The molecule has 1 N–H and O–H groups in total. The second-order valence-electron chi connectivity index (χ2n) is 8.09. The zero-order chi connectivity index (χ0) is 20.7. The summed E-state index contributed by atoms with van der Waals surface area (Å²) in [7, 11) is 0. The lowest BCUT2D eigenvalue weighted by Crippen LogP contribution is -2.45. The van der Waals surface area contributed by atoms with Crippen LogP contribution in [0.3, 0.4) is 0 Å². The lowest BCUT2D eigenvalue weighted by Gasteiger charge is -2.38. The lowest BCUT2D eigenvalue weighted by molar-refractivity contribution is -0.124. The van der Waals surface area contributed by atoms with E-state index in [1.807, 2.05) is 18.2 Å². The van der Waals surface area contributed by atoms with Crippen molar-refractivity contribution in [2.45, 2.75) is 37.8 Å². The van der Waals surface area contributed by atoms with Crippen LogP contribution in [0.25, 0.3) is 0 Å². The molecule has 156 valence electrons. The molecule has 2 heterocycles. The third-order valence-electron chi connectivity index (χ3n) is 5.93. The van der Waals surface area contributed by atoms with E-state index >= 15 is 0 Å². The minimum atomic E-state index is -0.408. The van der Waals surface area contributed by atoms with Gasteiger partial charge in [-0.15, -0.1) is 0 Å². The Kier molecular flexibility index (Phi) is 5.13. The zero-order valence-corrected chi connectivity index (χ0v) is 17.4. The van der Waals surface area contributed by atoms with Gasteiger partial charge in [0, 0.05) is 42.0 Å². The van der Waals surface area contributed by atoms with Gasteiger partial charge in [0.1, 0.15) is 6.10 Å². The number of nitrogens with zero attached hydrogens (tertiary/aromatic N) is 2. The van der Waals surface area contributed by atoms with Gasteiger partial charge in [0.15, 0.2) is 0 Å². The second-order valence-corrected chi connectivity index (χ2v) is 8.52. The Morgan fingerprint density at radius 2 is 1.90 bits per heavy atom. The molecule has 2 aromatic carbocycles. The standard InChI is InChI=1S/C23H24ClN3O3/c24-16-6-9-19-20(14-16)27(11-10-26(19)18-7-8-18)23(29)15-3-1-4-17(13-15)25-22(28)21-5-2-12-30-21/h1,3-4,6,9,13-14,18,21H,2,5,7-8,10-12H2,(H,25,28). The van der Waals surface area contributed by atoms with Crippen molar-refractivity contribution in [1.29, 1.82) is 0 Å². The molecule has 1 saturated carbocycles. The first kappa shape index (κ1) is 19.4. The van der Waals surface area contributed by atoms with E-state index in [1.165, 1.54) is 12.8 Å². The van der Waals surface area contributed by atoms with Crippen LogP contribution >= 0.6 is 11.6 Å². The highest BCUT2D eigenvalue weighted by atomic mass is 35.5. The summed E-state index contributed by atoms with van der Waals surface area (Å²) < 4.78 is 5.44. The van der Waals surface area contributed by atoms with Crippen LogP contribution in [-0.4, -0.2) is 43.7 Å². The van der Waals surface area contributed by atoms with Gasteiger partial charge in [0.25, 0.3) is 11.8 Å². The van der Waals surface area contributed by atoms with Crippen molar-refractivity contribution >= 4 is 40.5 Å². The molecule has 7 heteroatoms. The molecule has 0 bridgehead atoms. The number of nitrogens with one attached hydrogen (secondary N) is 1. The van der Waals surface area contributed by atoms with Crippen molar-refractivity contribution < 1.29 is 14.3 Å². The predicted molar refractivity (Wildman–Crippen MR) is 118 cm³/mol. The number of carbonyl (C=O) groups is 2. The summed E-state index contributed by atoms with van der Waals surface area (Å²) in [5.74, 6) is -0.255. The van der Waals surface area contributed by atoms with Crippen LogP contribution < -0.4 is 15.1 Å². The highest BCUT2D eigenvalue weighted by Crippen LogP contribution is 2.41. The predicted octanol–water partition coefficient (Wildman–Crippen LogP) is 4.09. The van der Waals surface area contributed by atoms with Crippen molar-refractivity contribution in [3.05, 3.63) is 53.1 Å². The van der Waals surface area contributed by atoms with Gasteiger partial charge in [-0.2, -0.15) is 0 Å². The number of hydrogen-bond donors (Lipinski definition) is 1. The molecule has 0 radical (unpaired) electrons. The summed E-state index contributed by atoms with van der Waals surface area (Å²) in [6, 6.07) is 13.4. The van der Waals surface area contributed by atoms with Gasteiger partial charge in [-0.25, -0.2) is 0 Å². The second kappa shape index (κ2) is 7.93. The highest BCUT2D eigenvalue weighted by Gasteiger charge is 2.36. The molecule has 0 spiro atoms. The molecule has 5 rings (SSSR count).